The summed E-state index contributed by atoms with van der Waals surface area (Å²) in [4.78, 5) is 26.7. The molecule has 2 aliphatic heterocycles. The zero-order chi connectivity index (χ0) is 25.2. The molecule has 5 aromatic carbocycles. The molecular formula is C28H22O8. The second kappa shape index (κ2) is 6.72. The predicted molar refractivity (Wildman–Crippen MR) is 135 cm³/mol. The monoisotopic (exact) mass is 486 g/mol. The molecule has 0 spiro atoms. The second-order valence-corrected chi connectivity index (χ2v) is 9.73. The van der Waals surface area contributed by atoms with Gasteiger partial charge in [-0.3, -0.25) is 9.59 Å². The van der Waals surface area contributed by atoms with Crippen molar-refractivity contribution in [2.24, 2.45) is 0 Å². The van der Waals surface area contributed by atoms with Crippen molar-refractivity contribution in [1.82, 2.24) is 0 Å². The maximum atomic E-state index is 13.4. The summed E-state index contributed by atoms with van der Waals surface area (Å²) in [6.45, 7) is 3.79. The van der Waals surface area contributed by atoms with Gasteiger partial charge in [0, 0.05) is 57.6 Å². The van der Waals surface area contributed by atoms with E-state index in [0.717, 1.165) is 11.1 Å². The Kier molecular flexibility index (Phi) is 3.94. The van der Waals surface area contributed by atoms with E-state index in [-0.39, 0.29) is 57.5 Å². The van der Waals surface area contributed by atoms with Gasteiger partial charge in [-0.25, -0.2) is 0 Å². The van der Waals surface area contributed by atoms with Gasteiger partial charge in [-0.15, -0.1) is 0 Å². The van der Waals surface area contributed by atoms with Crippen LogP contribution < -0.4 is 29.8 Å². The Morgan fingerprint density at radius 2 is 1.06 bits per heavy atom. The number of methoxy groups -OCH3 is 2. The van der Waals surface area contributed by atoms with E-state index in [1.165, 1.54) is 26.4 Å². The van der Waals surface area contributed by atoms with Gasteiger partial charge in [0.1, 0.15) is 23.7 Å². The van der Waals surface area contributed by atoms with Gasteiger partial charge in [-0.05, 0) is 24.6 Å². The van der Waals surface area contributed by atoms with Crippen molar-refractivity contribution >= 4 is 43.1 Å². The van der Waals surface area contributed by atoms with Gasteiger partial charge in [0.05, 0.1) is 25.0 Å². The van der Waals surface area contributed by atoms with Crippen LogP contribution in [-0.4, -0.2) is 36.6 Å². The molecule has 0 aromatic heterocycles. The molecule has 8 nitrogen and oxygen atoms in total. The van der Waals surface area contributed by atoms with Gasteiger partial charge in [0.2, 0.25) is 0 Å². The Balaban J connectivity index is 1.96. The van der Waals surface area contributed by atoms with E-state index in [9.17, 15) is 19.8 Å². The zero-order valence-electron chi connectivity index (χ0n) is 20.1. The molecule has 2 atom stereocenters. The minimum Gasteiger partial charge on any atom is -0.504 e. The number of hydrogen-bond donors (Lipinski definition) is 2. The molecule has 0 saturated heterocycles. The molecule has 2 aliphatic rings. The van der Waals surface area contributed by atoms with E-state index >= 15 is 0 Å². The lowest BCUT2D eigenvalue weighted by molar-refractivity contribution is 0.245. The van der Waals surface area contributed by atoms with Crippen LogP contribution in [0.5, 0.6) is 34.5 Å². The minimum absolute atomic E-state index is 0.120. The summed E-state index contributed by atoms with van der Waals surface area (Å²) in [5.74, 6) is 0.701. The summed E-state index contributed by atoms with van der Waals surface area (Å²) in [5.41, 5.74) is 0.677. The highest BCUT2D eigenvalue weighted by Gasteiger charge is 2.37. The topological polar surface area (TPSA) is 112 Å². The molecule has 2 heterocycles. The molecule has 0 amide bonds. The first-order valence-corrected chi connectivity index (χ1v) is 11.8. The summed E-state index contributed by atoms with van der Waals surface area (Å²) < 4.78 is 23.3. The predicted octanol–water partition coefficient (Wildman–Crippen LogP) is 3.97. The molecule has 0 fully saturated rings. The van der Waals surface area contributed by atoms with E-state index in [1.54, 1.807) is 0 Å². The SMILES string of the molecule is COc1cc(=O)c2c(O)c3c(c4c5c6c(c(O)c7c(=O)cc(OC)c(c1c24)c75)O[C@@H](C)C6)C[C@H](C)O3. The number of fused-ring (bicyclic) bond motifs is 6. The van der Waals surface area contributed by atoms with Crippen molar-refractivity contribution in [2.45, 2.75) is 38.9 Å². The number of aromatic hydroxyl groups is 2. The first-order chi connectivity index (χ1) is 17.3. The maximum Gasteiger partial charge on any atom is 0.194 e. The first-order valence-electron chi connectivity index (χ1n) is 11.8. The van der Waals surface area contributed by atoms with Crippen molar-refractivity contribution in [3.05, 3.63) is 43.7 Å². The quantitative estimate of drug-likeness (QED) is 0.285. The highest BCUT2D eigenvalue weighted by atomic mass is 16.5. The van der Waals surface area contributed by atoms with Crippen molar-refractivity contribution in [3.63, 3.8) is 0 Å². The third kappa shape index (κ3) is 2.29. The molecule has 5 aromatic rings. The zero-order valence-corrected chi connectivity index (χ0v) is 20.1. The molecule has 36 heavy (non-hydrogen) atoms. The van der Waals surface area contributed by atoms with Gasteiger partial charge >= 0.3 is 0 Å². The molecule has 0 saturated carbocycles. The van der Waals surface area contributed by atoms with Gasteiger partial charge in [-0.1, -0.05) is 0 Å². The lowest BCUT2D eigenvalue weighted by atomic mass is 9.82. The molecule has 0 aliphatic carbocycles. The van der Waals surface area contributed by atoms with Gasteiger partial charge in [0.15, 0.2) is 33.9 Å². The van der Waals surface area contributed by atoms with E-state index < -0.39 is 10.9 Å². The molecule has 2 N–H and O–H groups in total. The van der Waals surface area contributed by atoms with Crippen molar-refractivity contribution in [2.75, 3.05) is 14.2 Å². The van der Waals surface area contributed by atoms with E-state index in [2.05, 4.69) is 0 Å². The summed E-state index contributed by atoms with van der Waals surface area (Å²) in [5, 5.41) is 26.3. The van der Waals surface area contributed by atoms with Crippen LogP contribution in [0.3, 0.4) is 0 Å². The molecule has 7 rings (SSSR count). The average Bonchev–Trinajstić information content (AvgIpc) is 3.43. The average molecular weight is 486 g/mol. The van der Waals surface area contributed by atoms with Crippen LogP contribution in [0.4, 0.5) is 0 Å². The third-order valence-corrected chi connectivity index (χ3v) is 7.63. The number of phenolic OH excluding ortho intramolecular Hbond substituents is 2. The number of phenols is 2. The summed E-state index contributed by atoms with van der Waals surface area (Å²) >= 11 is 0. The summed E-state index contributed by atoms with van der Waals surface area (Å²) in [6, 6.07) is 2.65. The van der Waals surface area contributed by atoms with Gasteiger partial charge < -0.3 is 29.2 Å². The van der Waals surface area contributed by atoms with E-state index in [1.807, 2.05) is 13.8 Å². The maximum absolute atomic E-state index is 13.4. The molecule has 0 unspecified atom stereocenters. The Morgan fingerprint density at radius 3 is 1.42 bits per heavy atom. The highest BCUT2D eigenvalue weighted by molar-refractivity contribution is 6.38. The molecule has 0 bridgehead atoms. The minimum atomic E-state index is -0.408. The van der Waals surface area contributed by atoms with Crippen molar-refractivity contribution in [1.29, 1.82) is 0 Å². The number of rotatable bonds is 2. The molecule has 8 heteroatoms. The van der Waals surface area contributed by atoms with Crippen LogP contribution in [0.25, 0.3) is 43.1 Å². The Labute approximate surface area is 203 Å². The highest BCUT2D eigenvalue weighted by Crippen LogP contribution is 2.57. The lowest BCUT2D eigenvalue weighted by Gasteiger charge is -2.22. The standard InChI is InChI=1S/C28H22O8/c1-9-5-11-17-18-12-6-10(2)36-28(12)26(32)20-14(30)8-16(34-4)22(24(18)20)21-15(33-3)7-13(29)19(23(17)21)25(31)27(11)35-9/h7-10,31-32H,5-6H2,1-4H3/t9-,10-/m0/s1. The third-order valence-electron chi connectivity index (χ3n) is 7.63. The van der Waals surface area contributed by atoms with Crippen LogP contribution in [0.15, 0.2) is 21.7 Å². The molecular weight excluding hydrogens is 464 g/mol. The van der Waals surface area contributed by atoms with E-state index in [0.29, 0.717) is 45.2 Å². The fraction of sp³-hybridized carbons (Fsp3) is 0.286. The van der Waals surface area contributed by atoms with Crippen molar-refractivity contribution in [3.8, 4) is 34.5 Å². The first kappa shape index (κ1) is 21.1. The van der Waals surface area contributed by atoms with Gasteiger partial charge in [-0.2, -0.15) is 0 Å². The second-order valence-electron chi connectivity index (χ2n) is 9.73. The Bertz CT molecular complexity index is 1770. The number of ether oxygens (including phenoxy) is 4. The summed E-state index contributed by atoms with van der Waals surface area (Å²) in [6.07, 6.45) is 0.542. The lowest BCUT2D eigenvalue weighted by Crippen LogP contribution is -2.08. The normalized spacial score (nSPS) is 18.7. The van der Waals surface area contributed by atoms with Crippen LogP contribution in [0.2, 0.25) is 0 Å². The molecule has 182 valence electrons. The summed E-state index contributed by atoms with van der Waals surface area (Å²) in [7, 11) is 2.93. The van der Waals surface area contributed by atoms with Crippen LogP contribution in [0.1, 0.15) is 25.0 Å². The Hall–Kier alpha value is -4.20. The van der Waals surface area contributed by atoms with Crippen LogP contribution >= 0.6 is 0 Å². The Morgan fingerprint density at radius 1 is 0.667 bits per heavy atom. The smallest absolute Gasteiger partial charge is 0.194 e. The van der Waals surface area contributed by atoms with Crippen LogP contribution in [0, 0.1) is 0 Å². The number of benzene rings is 5. The van der Waals surface area contributed by atoms with Gasteiger partial charge in [0.25, 0.3) is 0 Å². The molecule has 0 radical (unpaired) electrons. The fourth-order valence-corrected chi connectivity index (χ4v) is 6.36. The van der Waals surface area contributed by atoms with E-state index in [4.69, 9.17) is 18.9 Å². The van der Waals surface area contributed by atoms with Crippen LogP contribution in [-0.2, 0) is 12.8 Å². The van der Waals surface area contributed by atoms with Crippen molar-refractivity contribution < 1.29 is 29.2 Å². The number of hydrogen-bond acceptors (Lipinski definition) is 8. The largest absolute Gasteiger partial charge is 0.504 e. The fourth-order valence-electron chi connectivity index (χ4n) is 6.36.